The Kier molecular flexibility index (Phi) is 28.0. The van der Waals surface area contributed by atoms with Gasteiger partial charge in [0.2, 0.25) is 36.2 Å². The number of guanidine groups is 2. The van der Waals surface area contributed by atoms with Crippen molar-refractivity contribution in [1.82, 2.24) is 42.1 Å². The maximum atomic E-state index is 15.0. The van der Waals surface area contributed by atoms with Gasteiger partial charge in [0.05, 0.1) is 58.3 Å². The van der Waals surface area contributed by atoms with Gasteiger partial charge in [-0.05, 0) is 46.5 Å². The normalized spacial score (nSPS) is 29.9. The summed E-state index contributed by atoms with van der Waals surface area (Å²) in [7, 11) is 1.48. The molecular weight excluding hydrogens is 1370 g/mol. The van der Waals surface area contributed by atoms with Gasteiger partial charge in [0.15, 0.2) is 35.9 Å². The number of rotatable bonds is 33. The van der Waals surface area contributed by atoms with Crippen molar-refractivity contribution in [3.63, 3.8) is 0 Å². The molecule has 4 amide bonds. The Balaban J connectivity index is 0.904. The molecule has 20 unspecified atom stereocenters. The predicted molar refractivity (Wildman–Crippen MR) is 357 cm³/mol. The molecule has 37 nitrogen and oxygen atoms in total. The number of ether oxygens (including phenoxy) is 8. The third-order valence-electron chi connectivity index (χ3n) is 18.6. The number of aliphatic hydroxyl groups is 13. The molecule has 0 saturated carbocycles. The average Bonchev–Trinajstić information content (AvgIpc) is 1.43. The Morgan fingerprint density at radius 3 is 1.88 bits per heavy atom. The molecule has 25 atom stereocenters. The summed E-state index contributed by atoms with van der Waals surface area (Å²) in [4.78, 5) is 71.1. The van der Waals surface area contributed by atoms with Crippen LogP contribution in [0.3, 0.4) is 0 Å². The number of methoxy groups -OCH3 is 1. The lowest BCUT2D eigenvalue weighted by Gasteiger charge is -2.46. The summed E-state index contributed by atoms with van der Waals surface area (Å²) in [6, 6.07) is 16.2. The molecule has 0 bridgehead atoms. The Morgan fingerprint density at radius 2 is 1.24 bits per heavy atom. The van der Waals surface area contributed by atoms with E-state index in [0.717, 1.165) is 10.5 Å². The zero-order chi connectivity index (χ0) is 75.2. The lowest BCUT2D eigenvalue weighted by molar-refractivity contribution is -0.355. The molecule has 37 heteroatoms. The molecule has 0 spiro atoms. The van der Waals surface area contributed by atoms with Crippen molar-refractivity contribution >= 4 is 41.8 Å². The second-order valence-electron chi connectivity index (χ2n) is 25.5. The second-order valence-corrected chi connectivity index (χ2v) is 25.5. The van der Waals surface area contributed by atoms with Crippen LogP contribution >= 0.6 is 0 Å². The fourth-order valence-corrected chi connectivity index (χ4v) is 12.6. The van der Waals surface area contributed by atoms with Gasteiger partial charge in [-0.2, -0.15) is 0 Å². The highest BCUT2D eigenvalue weighted by Crippen LogP contribution is 2.35. The predicted octanol–water partition coefficient (Wildman–Crippen LogP) is -8.56. The molecule has 5 fully saturated rings. The van der Waals surface area contributed by atoms with Crippen LogP contribution in [0.25, 0.3) is 0 Å². The zero-order valence-corrected chi connectivity index (χ0v) is 56.3. The summed E-state index contributed by atoms with van der Waals surface area (Å²) in [5, 5.41) is 177. The quantitative estimate of drug-likeness (QED) is 0.0211. The van der Waals surface area contributed by atoms with Crippen molar-refractivity contribution < 1.29 is 128 Å². The van der Waals surface area contributed by atoms with Crippen molar-refractivity contribution in [3.8, 4) is 17.2 Å². The maximum absolute atomic E-state index is 15.0. The van der Waals surface area contributed by atoms with Crippen LogP contribution in [-0.4, -0.2) is 306 Å². The van der Waals surface area contributed by atoms with Crippen LogP contribution in [0.4, 0.5) is 0 Å². The zero-order valence-electron chi connectivity index (χ0n) is 56.3. The third-order valence-corrected chi connectivity index (χ3v) is 18.6. The standard InChI is InChI=1S/C67H90N11O26/c1-30(34-11-7-4-8-12-34)45(68)60(94)74-37(59(93)76-46(48(84)38-21-71-66(69)75-38)62(96)77-47(61(95)73-35(23-79)24-80)49(85)39-22-72-67(70)78(39)63-54(90)51(87)50(86)42(25-81)101-63)19-31-13-16-36(17-14-31)100-64-56(92)53(89)58(44(27-83)103-64)104-65-55(91)52(88)57(43(26-82)102-65)99-29-33-15-18-40(97-2)41(20-33)98-28-32-9-5-3-6-10-32/h3-18,20,30,35,37-39,42-58,63-65,79,81-92H,19,21-23,25-29,68H2,1-2H3,(H2,70,72)(H,73,95)(H,74,94)(H,76,93)(H,77,96)(H3,69,71,75)/t30?,35-,37-,38?,39?,42?,43?,44?,45-,46-,47-,48?,49?,50?,51?,52?,53?,54?,55?,56?,57?,58?,63?,64?,65?/m0/s1. The number of hydrogen-bond acceptors (Lipinski definition) is 29. The van der Waals surface area contributed by atoms with Gasteiger partial charge >= 0.3 is 0 Å². The molecule has 9 rings (SSSR count). The van der Waals surface area contributed by atoms with E-state index < -0.39 is 221 Å². The highest BCUT2D eigenvalue weighted by Gasteiger charge is 2.55. The van der Waals surface area contributed by atoms with Crippen LogP contribution in [-0.2, 0) is 67.3 Å². The Labute approximate surface area is 595 Å². The number of carbonyl (C=O) groups is 4. The van der Waals surface area contributed by atoms with Gasteiger partial charge in [0.25, 0.3) is 0 Å². The molecular formula is C67H90N11O26. The van der Waals surface area contributed by atoms with Gasteiger partial charge in [-0.25, -0.2) is 0 Å². The Hall–Kier alpha value is -8.39. The number of nitrogens with two attached hydrogens (primary N) is 1. The summed E-state index contributed by atoms with van der Waals surface area (Å²) < 4.78 is 46.7. The topological polar surface area (TPSA) is 583 Å². The molecule has 24 N–H and O–H groups in total. The van der Waals surface area contributed by atoms with Crippen LogP contribution in [0.1, 0.15) is 35.1 Å². The summed E-state index contributed by atoms with van der Waals surface area (Å²) in [6.45, 7) is -2.57. The minimum atomic E-state index is -2.30. The number of nitrogens with one attached hydrogen (secondary N) is 9. The fourth-order valence-electron chi connectivity index (χ4n) is 12.6. The molecule has 104 heavy (non-hydrogen) atoms. The summed E-state index contributed by atoms with van der Waals surface area (Å²) in [5.41, 5.74) is 8.88. The monoisotopic (exact) mass is 1460 g/mol. The van der Waals surface area contributed by atoms with E-state index >= 15 is 4.79 Å². The van der Waals surface area contributed by atoms with Crippen LogP contribution in [0.15, 0.2) is 103 Å². The molecule has 0 aliphatic carbocycles. The van der Waals surface area contributed by atoms with E-state index in [1.54, 1.807) is 55.5 Å². The lowest BCUT2D eigenvalue weighted by atomic mass is 9.93. The lowest BCUT2D eigenvalue weighted by Crippen LogP contribution is -2.69. The fraction of sp³-hybridized carbons (Fsp3) is 0.537. The first-order valence-electron chi connectivity index (χ1n) is 33.3. The molecule has 1 radical (unpaired) electrons. The largest absolute Gasteiger partial charge is 0.493 e. The molecule has 0 aromatic heterocycles. The van der Waals surface area contributed by atoms with E-state index in [9.17, 15) is 85.6 Å². The van der Waals surface area contributed by atoms with Crippen molar-refractivity contribution in [2.75, 3.05) is 46.6 Å². The first kappa shape index (κ1) is 79.7. The van der Waals surface area contributed by atoms with Crippen LogP contribution < -0.4 is 57.2 Å². The van der Waals surface area contributed by atoms with E-state index in [2.05, 4.69) is 37.2 Å². The molecule has 4 aromatic carbocycles. The van der Waals surface area contributed by atoms with Crippen molar-refractivity contribution in [3.05, 3.63) is 125 Å². The van der Waals surface area contributed by atoms with Gasteiger partial charge in [0.1, 0.15) is 122 Å². The highest BCUT2D eigenvalue weighted by molar-refractivity contribution is 5.96. The van der Waals surface area contributed by atoms with Gasteiger partial charge in [-0.15, -0.1) is 0 Å². The van der Waals surface area contributed by atoms with E-state index in [0.29, 0.717) is 22.6 Å². The van der Waals surface area contributed by atoms with E-state index in [-0.39, 0.29) is 37.0 Å². The summed E-state index contributed by atoms with van der Waals surface area (Å²) >= 11 is 0. The van der Waals surface area contributed by atoms with Gasteiger partial charge in [-0.1, -0.05) is 85.8 Å². The molecule has 4 aromatic rings. The van der Waals surface area contributed by atoms with Crippen molar-refractivity contribution in [2.24, 2.45) is 5.73 Å². The Morgan fingerprint density at radius 1 is 0.635 bits per heavy atom. The minimum absolute atomic E-state index is 0.0527. The van der Waals surface area contributed by atoms with Crippen molar-refractivity contribution in [1.29, 1.82) is 10.8 Å². The number of benzene rings is 4. The highest BCUT2D eigenvalue weighted by atomic mass is 16.7. The molecule has 5 heterocycles. The average molecular weight is 1470 g/mol. The van der Waals surface area contributed by atoms with Gasteiger partial charge < -0.3 is 152 Å². The number of amides is 4. The molecule has 569 valence electrons. The smallest absolute Gasteiger partial charge is 0.246 e. The van der Waals surface area contributed by atoms with Crippen LogP contribution in [0.5, 0.6) is 17.2 Å². The molecule has 5 aliphatic rings. The number of aliphatic hydroxyl groups excluding tert-OH is 13. The van der Waals surface area contributed by atoms with Crippen LogP contribution in [0.2, 0.25) is 0 Å². The van der Waals surface area contributed by atoms with E-state index in [4.69, 9.17) is 54.4 Å². The molecule has 5 aliphatic heterocycles. The Bertz CT molecular complexity index is 3510. The van der Waals surface area contributed by atoms with Gasteiger partial charge in [-0.3, -0.25) is 34.8 Å². The summed E-state index contributed by atoms with van der Waals surface area (Å²) in [5.74, 6) is -5.74. The van der Waals surface area contributed by atoms with E-state index in [1.165, 1.54) is 37.7 Å². The second kappa shape index (κ2) is 36.5. The first-order valence-corrected chi connectivity index (χ1v) is 33.3. The number of hydrogen-bond donors (Lipinski definition) is 23. The number of carbonyl (C=O) groups excluding carboxylic acids is 5. The SMILES string of the molecule is COc1ccc(COC2C(CO)OC(OC3C(CO)OC(Oc4ccc(C[C@H](NC(=O)[C@@H](N)C(C)c5ccccc5)C(=O)N[C@H](C(=O)N[C@H](C(=O)N[C@H]([C]=O)CO)C(O)C5CNC(=N)N5C5OC(CO)C(O)C(O)C5O)C(O)C5CNC(=N)N5)cc4)C(O)C3O)C(O)C2O)cc1OCc1ccccc1. The van der Waals surface area contributed by atoms with E-state index in [1.807, 2.05) is 30.3 Å². The summed E-state index contributed by atoms with van der Waals surface area (Å²) in [6.07, 6.45) is -29.6. The maximum Gasteiger partial charge on any atom is 0.246 e. The third kappa shape index (κ3) is 18.8. The van der Waals surface area contributed by atoms with Crippen LogP contribution in [0, 0.1) is 10.8 Å². The van der Waals surface area contributed by atoms with Gasteiger partial charge in [0, 0.05) is 25.4 Å². The van der Waals surface area contributed by atoms with Crippen molar-refractivity contribution in [2.45, 2.75) is 179 Å². The molecule has 5 saturated heterocycles. The first-order chi connectivity index (χ1) is 49.8. The minimum Gasteiger partial charge on any atom is -0.493 e. The number of nitrogens with zero attached hydrogens (tertiary/aromatic N) is 1.